The molecule has 10 heteroatoms. The molecule has 9 nitrogen and oxygen atoms in total. The molecule has 7 N–H and O–H groups in total. The van der Waals surface area contributed by atoms with Gasteiger partial charge in [0, 0.05) is 20.3 Å². The standard InChI is InChI=1S/C12H20N6O3S/c1-21-8-2-7-16-22(19,20)10-5-3-9(4-6-10)17-12(15)18-11(13)14/h3-6,16H,2,7-8H2,1H3,(H6,13,14,15,17,18). The Morgan fingerprint density at radius 3 is 2.41 bits per heavy atom. The minimum atomic E-state index is -3.56. The number of hydrogen-bond acceptors (Lipinski definition) is 4. The summed E-state index contributed by atoms with van der Waals surface area (Å²) in [6, 6.07) is 5.83. The summed E-state index contributed by atoms with van der Waals surface area (Å²) < 4.78 is 31.3. The summed E-state index contributed by atoms with van der Waals surface area (Å²) in [5.74, 6) is -0.325. The summed E-state index contributed by atoms with van der Waals surface area (Å²) in [6.45, 7) is 0.785. The zero-order valence-corrected chi connectivity index (χ0v) is 13.0. The number of ether oxygens (including phenoxy) is 1. The lowest BCUT2D eigenvalue weighted by Gasteiger charge is -2.06. The minimum absolute atomic E-state index is 0.117. The van der Waals surface area contributed by atoms with Crippen molar-refractivity contribution in [2.24, 2.45) is 27.2 Å². The van der Waals surface area contributed by atoms with Crippen molar-refractivity contribution in [2.75, 3.05) is 20.3 Å². The molecule has 122 valence electrons. The van der Waals surface area contributed by atoms with Gasteiger partial charge in [0.05, 0.1) is 10.6 Å². The molecule has 0 aliphatic heterocycles. The summed E-state index contributed by atoms with van der Waals surface area (Å²) in [5, 5.41) is 0. The highest BCUT2D eigenvalue weighted by Crippen LogP contribution is 2.16. The van der Waals surface area contributed by atoms with E-state index in [1.807, 2.05) is 0 Å². The van der Waals surface area contributed by atoms with Crippen LogP contribution in [-0.4, -0.2) is 40.6 Å². The molecule has 0 aromatic heterocycles. The third-order valence-electron chi connectivity index (χ3n) is 2.45. The van der Waals surface area contributed by atoms with Gasteiger partial charge in [0.15, 0.2) is 5.96 Å². The van der Waals surface area contributed by atoms with Crippen molar-refractivity contribution in [1.82, 2.24) is 4.72 Å². The number of sulfonamides is 1. The fraction of sp³-hybridized carbons (Fsp3) is 0.333. The number of guanidine groups is 2. The van der Waals surface area contributed by atoms with Crippen LogP contribution in [0.1, 0.15) is 6.42 Å². The number of aliphatic imine (C=N–C) groups is 2. The third kappa shape index (κ3) is 6.08. The van der Waals surface area contributed by atoms with Gasteiger partial charge in [-0.15, -0.1) is 0 Å². The van der Waals surface area contributed by atoms with Crippen molar-refractivity contribution in [3.8, 4) is 0 Å². The van der Waals surface area contributed by atoms with E-state index in [1.165, 1.54) is 24.3 Å². The molecule has 0 aliphatic rings. The van der Waals surface area contributed by atoms with Crippen LogP contribution >= 0.6 is 0 Å². The van der Waals surface area contributed by atoms with Crippen molar-refractivity contribution in [3.63, 3.8) is 0 Å². The van der Waals surface area contributed by atoms with Gasteiger partial charge in [-0.25, -0.2) is 18.1 Å². The van der Waals surface area contributed by atoms with Crippen LogP contribution in [0.4, 0.5) is 5.69 Å². The van der Waals surface area contributed by atoms with Gasteiger partial charge in [-0.3, -0.25) is 0 Å². The van der Waals surface area contributed by atoms with Crippen LogP contribution in [0.3, 0.4) is 0 Å². The number of nitrogens with one attached hydrogen (secondary N) is 1. The smallest absolute Gasteiger partial charge is 0.240 e. The van der Waals surface area contributed by atoms with Gasteiger partial charge in [-0.1, -0.05) is 0 Å². The molecule has 0 saturated carbocycles. The Morgan fingerprint density at radius 1 is 1.23 bits per heavy atom. The van der Waals surface area contributed by atoms with E-state index < -0.39 is 10.0 Å². The van der Waals surface area contributed by atoms with Crippen LogP contribution in [0, 0.1) is 0 Å². The van der Waals surface area contributed by atoms with Crippen molar-refractivity contribution < 1.29 is 13.2 Å². The van der Waals surface area contributed by atoms with Gasteiger partial charge in [0.2, 0.25) is 16.0 Å². The van der Waals surface area contributed by atoms with E-state index in [-0.39, 0.29) is 16.8 Å². The second-order valence-electron chi connectivity index (χ2n) is 4.24. The first-order valence-electron chi connectivity index (χ1n) is 6.37. The zero-order valence-electron chi connectivity index (χ0n) is 12.2. The monoisotopic (exact) mass is 328 g/mol. The Balaban J connectivity index is 2.77. The first-order valence-corrected chi connectivity index (χ1v) is 7.86. The van der Waals surface area contributed by atoms with Crippen LogP contribution in [0.15, 0.2) is 39.1 Å². The summed E-state index contributed by atoms with van der Waals surface area (Å²) in [4.78, 5) is 7.61. The van der Waals surface area contributed by atoms with Gasteiger partial charge >= 0.3 is 0 Å². The highest BCUT2D eigenvalue weighted by atomic mass is 32.2. The maximum Gasteiger partial charge on any atom is 0.240 e. The highest BCUT2D eigenvalue weighted by molar-refractivity contribution is 7.89. The minimum Gasteiger partial charge on any atom is -0.385 e. The largest absolute Gasteiger partial charge is 0.385 e. The number of benzene rings is 1. The van der Waals surface area contributed by atoms with Gasteiger partial charge in [-0.05, 0) is 30.7 Å². The normalized spacial score (nSPS) is 12.1. The lowest BCUT2D eigenvalue weighted by molar-refractivity contribution is 0.196. The average molecular weight is 328 g/mol. The van der Waals surface area contributed by atoms with E-state index in [0.29, 0.717) is 25.3 Å². The predicted molar refractivity (Wildman–Crippen MR) is 85.2 cm³/mol. The molecule has 1 aromatic carbocycles. The number of rotatable bonds is 7. The highest BCUT2D eigenvalue weighted by Gasteiger charge is 2.12. The quantitative estimate of drug-likeness (QED) is 0.292. The van der Waals surface area contributed by atoms with Crippen molar-refractivity contribution in [1.29, 1.82) is 0 Å². The summed E-state index contributed by atoms with van der Waals surface area (Å²) in [5.41, 5.74) is 16.2. The molecule has 0 aliphatic carbocycles. The molecule has 22 heavy (non-hydrogen) atoms. The zero-order chi connectivity index (χ0) is 16.6. The fourth-order valence-corrected chi connectivity index (χ4v) is 2.57. The number of nitrogens with two attached hydrogens (primary N) is 3. The Hall–Kier alpha value is -2.17. The van der Waals surface area contributed by atoms with E-state index in [2.05, 4.69) is 14.7 Å². The van der Waals surface area contributed by atoms with E-state index in [4.69, 9.17) is 21.9 Å². The molecule has 0 amide bonds. The first-order chi connectivity index (χ1) is 10.3. The van der Waals surface area contributed by atoms with Crippen molar-refractivity contribution in [2.45, 2.75) is 11.3 Å². The fourth-order valence-electron chi connectivity index (χ4n) is 1.50. The maximum absolute atomic E-state index is 12.0. The summed E-state index contributed by atoms with van der Waals surface area (Å²) >= 11 is 0. The molecular formula is C12H20N6O3S. The van der Waals surface area contributed by atoms with Crippen LogP contribution < -0.4 is 21.9 Å². The van der Waals surface area contributed by atoms with Gasteiger partial charge < -0.3 is 21.9 Å². The second-order valence-corrected chi connectivity index (χ2v) is 6.01. The Labute approximate surface area is 129 Å². The molecule has 1 rings (SSSR count). The van der Waals surface area contributed by atoms with Crippen LogP contribution in [0.25, 0.3) is 0 Å². The number of methoxy groups -OCH3 is 1. The van der Waals surface area contributed by atoms with Gasteiger partial charge in [0.1, 0.15) is 0 Å². The maximum atomic E-state index is 12.0. The van der Waals surface area contributed by atoms with Crippen molar-refractivity contribution in [3.05, 3.63) is 24.3 Å². The van der Waals surface area contributed by atoms with Crippen LogP contribution in [-0.2, 0) is 14.8 Å². The lowest BCUT2D eigenvalue weighted by atomic mass is 10.3. The van der Waals surface area contributed by atoms with E-state index in [9.17, 15) is 8.42 Å². The van der Waals surface area contributed by atoms with Gasteiger partial charge in [-0.2, -0.15) is 4.99 Å². The molecule has 0 heterocycles. The molecule has 0 spiro atoms. The van der Waals surface area contributed by atoms with Crippen molar-refractivity contribution >= 4 is 27.6 Å². The SMILES string of the molecule is COCCCNS(=O)(=O)c1ccc(N=C(N)N=C(N)N)cc1. The predicted octanol–water partition coefficient (Wildman–Crippen LogP) is -0.779. The molecule has 1 aromatic rings. The molecule has 0 atom stereocenters. The molecule has 0 unspecified atom stereocenters. The summed E-state index contributed by atoms with van der Waals surface area (Å²) in [7, 11) is -2.00. The molecule has 0 saturated heterocycles. The van der Waals surface area contributed by atoms with E-state index in [0.717, 1.165) is 0 Å². The Morgan fingerprint density at radius 2 is 1.86 bits per heavy atom. The van der Waals surface area contributed by atoms with E-state index >= 15 is 0 Å². The average Bonchev–Trinajstić information content (AvgIpc) is 2.43. The topological polar surface area (TPSA) is 158 Å². The molecule has 0 bridgehead atoms. The molecule has 0 radical (unpaired) electrons. The number of hydrogen-bond donors (Lipinski definition) is 4. The van der Waals surface area contributed by atoms with E-state index in [1.54, 1.807) is 7.11 Å². The van der Waals surface area contributed by atoms with Crippen LogP contribution in [0.2, 0.25) is 0 Å². The molecular weight excluding hydrogens is 308 g/mol. The number of nitrogens with zero attached hydrogens (tertiary/aromatic N) is 2. The Kier molecular flexibility index (Phi) is 6.76. The Bertz CT molecular complexity index is 635. The molecule has 0 fully saturated rings. The van der Waals surface area contributed by atoms with Gasteiger partial charge in [0.25, 0.3) is 0 Å². The summed E-state index contributed by atoms with van der Waals surface area (Å²) in [6.07, 6.45) is 0.590. The second kappa shape index (κ2) is 8.32. The lowest BCUT2D eigenvalue weighted by Crippen LogP contribution is -2.26. The third-order valence-corrected chi connectivity index (χ3v) is 3.93. The van der Waals surface area contributed by atoms with Crippen LogP contribution in [0.5, 0.6) is 0 Å². The first kappa shape index (κ1) is 17.9.